The number of piperazine rings is 1. The molecular formula is C4H13ClN2O2. The Bertz CT molecular complexity index is 58.5. The third-order valence-corrected chi connectivity index (χ3v) is 1.09. The smallest absolute Gasteiger partial charge is 0.0363 e. The lowest BCUT2D eigenvalue weighted by Gasteiger charge is -2.19. The Kier molecular flexibility index (Phi) is 8.25. The predicted molar refractivity (Wildman–Crippen MR) is 37.1 cm³/mol. The molecule has 1 saturated heterocycles. The van der Waals surface area contributed by atoms with Crippen LogP contribution in [0.5, 0.6) is 0 Å². The Morgan fingerprint density at radius 3 is 1.89 bits per heavy atom. The molecule has 0 amide bonds. The lowest BCUT2D eigenvalue weighted by atomic mass is 10.4. The van der Waals surface area contributed by atoms with Crippen LogP contribution >= 0.6 is 12.4 Å². The van der Waals surface area contributed by atoms with Crippen molar-refractivity contribution < 1.29 is 10.7 Å². The van der Waals surface area contributed by atoms with E-state index >= 15 is 0 Å². The molecule has 0 bridgehead atoms. The molecule has 5 heteroatoms. The second kappa shape index (κ2) is 6.25. The third-order valence-electron chi connectivity index (χ3n) is 1.09. The number of halogens is 1. The quantitative estimate of drug-likeness (QED) is 0.467. The maximum absolute atomic E-state index is 8.70. The van der Waals surface area contributed by atoms with Gasteiger partial charge in [-0.15, -0.1) is 12.4 Å². The molecule has 0 aliphatic carbocycles. The van der Waals surface area contributed by atoms with Gasteiger partial charge < -0.3 is 16.0 Å². The monoisotopic (exact) mass is 156 g/mol. The molecule has 0 radical (unpaired) electrons. The number of hydrogen-bond donors (Lipinski definition) is 2. The minimum absolute atomic E-state index is 0. The van der Waals surface area contributed by atoms with Crippen LogP contribution in [0.1, 0.15) is 0 Å². The van der Waals surface area contributed by atoms with Crippen molar-refractivity contribution in [2.24, 2.45) is 0 Å². The summed E-state index contributed by atoms with van der Waals surface area (Å²) in [4.78, 5) is 0. The van der Waals surface area contributed by atoms with Gasteiger partial charge in [-0.3, -0.25) is 0 Å². The number of hydrogen-bond acceptors (Lipinski definition) is 3. The van der Waals surface area contributed by atoms with Crippen LogP contribution in [-0.2, 0) is 0 Å². The van der Waals surface area contributed by atoms with Gasteiger partial charge in [-0.1, -0.05) is 0 Å². The van der Waals surface area contributed by atoms with Crippen molar-refractivity contribution in [3.8, 4) is 0 Å². The Labute approximate surface area is 60.5 Å². The highest BCUT2D eigenvalue weighted by Gasteiger charge is 2.03. The summed E-state index contributed by atoms with van der Waals surface area (Å²) in [6.45, 7) is 3.35. The Hall–Kier alpha value is 0.130. The second-order valence-electron chi connectivity index (χ2n) is 1.70. The van der Waals surface area contributed by atoms with Crippen molar-refractivity contribution in [3.63, 3.8) is 0 Å². The first-order valence-electron chi connectivity index (χ1n) is 2.54. The van der Waals surface area contributed by atoms with Crippen LogP contribution in [0, 0.1) is 0 Å². The van der Waals surface area contributed by atoms with Crippen LogP contribution in [0.25, 0.3) is 0 Å². The summed E-state index contributed by atoms with van der Waals surface area (Å²) >= 11 is 0. The summed E-state index contributed by atoms with van der Waals surface area (Å²) in [6, 6.07) is 0. The first-order valence-corrected chi connectivity index (χ1v) is 2.54. The van der Waals surface area contributed by atoms with Gasteiger partial charge in [0.2, 0.25) is 0 Å². The highest BCUT2D eigenvalue weighted by Crippen LogP contribution is 1.82. The van der Waals surface area contributed by atoms with E-state index in [0.717, 1.165) is 26.2 Å². The fourth-order valence-electron chi connectivity index (χ4n) is 0.653. The summed E-state index contributed by atoms with van der Waals surface area (Å²) < 4.78 is 0. The lowest BCUT2D eigenvalue weighted by Crippen LogP contribution is -2.41. The molecule has 0 aromatic rings. The summed E-state index contributed by atoms with van der Waals surface area (Å²) in [6.07, 6.45) is 0. The molecule has 0 unspecified atom stereocenters. The topological polar surface area (TPSA) is 67.0 Å². The molecule has 4 nitrogen and oxygen atoms in total. The number of nitrogens with zero attached hydrogens (tertiary/aromatic N) is 1. The van der Waals surface area contributed by atoms with Gasteiger partial charge in [0.05, 0.1) is 0 Å². The Balaban J connectivity index is 0. The van der Waals surface area contributed by atoms with Crippen LogP contribution in [0.4, 0.5) is 0 Å². The van der Waals surface area contributed by atoms with Crippen molar-refractivity contribution in [2.45, 2.75) is 0 Å². The van der Waals surface area contributed by atoms with Gasteiger partial charge in [0.15, 0.2) is 0 Å². The van der Waals surface area contributed by atoms with E-state index in [0.29, 0.717) is 0 Å². The molecule has 0 saturated carbocycles. The zero-order valence-corrected chi connectivity index (χ0v) is 5.95. The normalized spacial score (nSPS) is 19.7. The van der Waals surface area contributed by atoms with Gasteiger partial charge >= 0.3 is 0 Å². The van der Waals surface area contributed by atoms with E-state index < -0.39 is 0 Å². The van der Waals surface area contributed by atoms with E-state index in [9.17, 15) is 0 Å². The van der Waals surface area contributed by atoms with Gasteiger partial charge in [0.1, 0.15) is 0 Å². The molecule has 9 heavy (non-hydrogen) atoms. The third kappa shape index (κ3) is 4.62. The van der Waals surface area contributed by atoms with Gasteiger partial charge in [-0.25, -0.2) is 0 Å². The molecule has 1 aliphatic heterocycles. The van der Waals surface area contributed by atoms with E-state index in [1.807, 2.05) is 0 Å². The molecule has 0 spiro atoms. The molecule has 4 N–H and O–H groups in total. The summed E-state index contributed by atoms with van der Waals surface area (Å²) in [5.41, 5.74) is 0. The van der Waals surface area contributed by atoms with Gasteiger partial charge in [-0.05, 0) is 0 Å². The van der Waals surface area contributed by atoms with E-state index in [-0.39, 0.29) is 17.9 Å². The molecule has 1 aliphatic rings. The first-order chi connectivity index (χ1) is 3.39. The summed E-state index contributed by atoms with van der Waals surface area (Å²) in [5.74, 6) is 0. The Morgan fingerprint density at radius 1 is 1.22 bits per heavy atom. The minimum Gasteiger partial charge on any atom is -0.412 e. The first kappa shape index (κ1) is 11.9. The van der Waals surface area contributed by atoms with E-state index in [1.54, 1.807) is 0 Å². The minimum atomic E-state index is 0. The molecular weight excluding hydrogens is 144 g/mol. The van der Waals surface area contributed by atoms with Gasteiger partial charge in [-0.2, -0.15) is 5.06 Å². The van der Waals surface area contributed by atoms with Crippen LogP contribution < -0.4 is 5.32 Å². The number of nitrogens with one attached hydrogen (secondary N) is 1. The summed E-state index contributed by atoms with van der Waals surface area (Å²) in [5, 5.41) is 13.1. The van der Waals surface area contributed by atoms with Gasteiger partial charge in [0.25, 0.3) is 0 Å². The van der Waals surface area contributed by atoms with Crippen molar-refractivity contribution >= 4 is 12.4 Å². The molecule has 0 aromatic heterocycles. The highest BCUT2D eigenvalue weighted by atomic mass is 35.5. The highest BCUT2D eigenvalue weighted by molar-refractivity contribution is 5.85. The van der Waals surface area contributed by atoms with Gasteiger partial charge in [0, 0.05) is 26.2 Å². The average Bonchev–Trinajstić information content (AvgIpc) is 1.69. The second-order valence-corrected chi connectivity index (χ2v) is 1.70. The molecule has 0 aromatic carbocycles. The van der Waals surface area contributed by atoms with Crippen molar-refractivity contribution in [2.75, 3.05) is 26.2 Å². The molecule has 1 rings (SSSR count). The number of hydroxylamine groups is 2. The van der Waals surface area contributed by atoms with Crippen LogP contribution in [-0.4, -0.2) is 41.9 Å². The maximum Gasteiger partial charge on any atom is 0.0363 e. The fourth-order valence-corrected chi connectivity index (χ4v) is 0.653. The SMILES string of the molecule is Cl.O.ON1CCNCC1. The van der Waals surface area contributed by atoms with Crippen LogP contribution in [0.15, 0.2) is 0 Å². The maximum atomic E-state index is 8.70. The average molecular weight is 157 g/mol. The molecule has 1 heterocycles. The van der Waals surface area contributed by atoms with E-state index in [2.05, 4.69) is 5.32 Å². The van der Waals surface area contributed by atoms with Crippen LogP contribution in [0.2, 0.25) is 0 Å². The largest absolute Gasteiger partial charge is 0.412 e. The van der Waals surface area contributed by atoms with E-state index in [1.165, 1.54) is 5.06 Å². The Morgan fingerprint density at radius 2 is 1.67 bits per heavy atom. The summed E-state index contributed by atoms with van der Waals surface area (Å²) in [7, 11) is 0. The zero-order valence-electron chi connectivity index (χ0n) is 5.13. The molecule has 0 atom stereocenters. The molecule has 1 fully saturated rings. The van der Waals surface area contributed by atoms with E-state index in [4.69, 9.17) is 5.21 Å². The van der Waals surface area contributed by atoms with Crippen LogP contribution in [0.3, 0.4) is 0 Å². The zero-order chi connectivity index (χ0) is 5.11. The lowest BCUT2D eigenvalue weighted by molar-refractivity contribution is -0.0976. The van der Waals surface area contributed by atoms with Crippen molar-refractivity contribution in [1.29, 1.82) is 0 Å². The molecule has 58 valence electrons. The van der Waals surface area contributed by atoms with Crippen molar-refractivity contribution in [1.82, 2.24) is 10.4 Å². The fraction of sp³-hybridized carbons (Fsp3) is 1.00. The predicted octanol–water partition coefficient (Wildman–Crippen LogP) is -1.12. The standard InChI is InChI=1S/C4H10N2O.ClH.H2O/c7-6-3-1-5-2-4-6;;/h5,7H,1-4H2;1H;1H2. The van der Waals surface area contributed by atoms with Crippen molar-refractivity contribution in [3.05, 3.63) is 0 Å². The number of rotatable bonds is 0.